The van der Waals surface area contributed by atoms with Gasteiger partial charge in [-0.05, 0) is 25.1 Å². The van der Waals surface area contributed by atoms with Crippen LogP contribution in [-0.4, -0.2) is 21.6 Å². The number of fused-ring (bicyclic) bond motifs is 3. The molecule has 5 nitrogen and oxygen atoms in total. The number of hydrogen-bond donors (Lipinski definition) is 1. The lowest BCUT2D eigenvalue weighted by atomic mass is 10.2. The Hall–Kier alpha value is -2.73. The fourth-order valence-electron chi connectivity index (χ4n) is 2.65. The average Bonchev–Trinajstić information content (AvgIpc) is 2.96. The van der Waals surface area contributed by atoms with Crippen molar-refractivity contribution in [2.45, 2.75) is 6.92 Å². The molecule has 114 valence electrons. The van der Waals surface area contributed by atoms with Crippen molar-refractivity contribution < 1.29 is 0 Å². The highest BCUT2D eigenvalue weighted by atomic mass is 32.1. The summed E-state index contributed by atoms with van der Waals surface area (Å²) in [6.45, 7) is 2.02. The van der Waals surface area contributed by atoms with Crippen LogP contribution < -0.4 is 10.9 Å². The minimum Gasteiger partial charge on any atom is -0.373 e. The van der Waals surface area contributed by atoms with E-state index in [1.54, 1.807) is 17.1 Å². The molecule has 4 aromatic rings. The SMILES string of the molecule is CNc1nccc2sc3c(=O)n(-c4ccc(C)cc4)cnc3c12. The molecule has 0 aliphatic heterocycles. The highest BCUT2D eigenvalue weighted by Crippen LogP contribution is 2.34. The molecule has 0 amide bonds. The molecule has 0 saturated heterocycles. The van der Waals surface area contributed by atoms with Crippen LogP contribution >= 0.6 is 11.3 Å². The summed E-state index contributed by atoms with van der Waals surface area (Å²) in [7, 11) is 1.82. The maximum absolute atomic E-state index is 12.9. The molecule has 0 spiro atoms. The van der Waals surface area contributed by atoms with Crippen LogP contribution in [0.4, 0.5) is 5.82 Å². The van der Waals surface area contributed by atoms with Gasteiger partial charge in [0.1, 0.15) is 16.8 Å². The number of pyridine rings is 1. The van der Waals surface area contributed by atoms with E-state index in [0.29, 0.717) is 10.2 Å². The van der Waals surface area contributed by atoms with Gasteiger partial charge in [-0.15, -0.1) is 11.3 Å². The van der Waals surface area contributed by atoms with Gasteiger partial charge in [0, 0.05) is 17.9 Å². The van der Waals surface area contributed by atoms with Crippen molar-refractivity contribution in [3.8, 4) is 5.69 Å². The monoisotopic (exact) mass is 322 g/mol. The molecule has 0 radical (unpaired) electrons. The van der Waals surface area contributed by atoms with Crippen molar-refractivity contribution in [1.29, 1.82) is 0 Å². The Labute approximate surface area is 136 Å². The first-order valence-corrected chi connectivity index (χ1v) is 8.04. The van der Waals surface area contributed by atoms with E-state index in [-0.39, 0.29) is 5.56 Å². The predicted molar refractivity (Wildman–Crippen MR) is 94.8 cm³/mol. The van der Waals surface area contributed by atoms with Crippen molar-refractivity contribution in [3.63, 3.8) is 0 Å². The topological polar surface area (TPSA) is 59.8 Å². The van der Waals surface area contributed by atoms with Gasteiger partial charge in [0.05, 0.1) is 16.6 Å². The first-order valence-electron chi connectivity index (χ1n) is 7.22. The van der Waals surface area contributed by atoms with Gasteiger partial charge in [-0.2, -0.15) is 0 Å². The third-order valence-electron chi connectivity index (χ3n) is 3.84. The zero-order valence-corrected chi connectivity index (χ0v) is 13.5. The van der Waals surface area contributed by atoms with Crippen molar-refractivity contribution in [2.24, 2.45) is 0 Å². The number of thiophene rings is 1. The summed E-state index contributed by atoms with van der Waals surface area (Å²) >= 11 is 1.45. The van der Waals surface area contributed by atoms with Crippen LogP contribution in [0.25, 0.3) is 26.0 Å². The normalized spacial score (nSPS) is 11.2. The summed E-state index contributed by atoms with van der Waals surface area (Å²) in [5.74, 6) is 0.744. The third kappa shape index (κ3) is 2.10. The van der Waals surface area contributed by atoms with Crippen LogP contribution in [0.3, 0.4) is 0 Å². The fourth-order valence-corrected chi connectivity index (χ4v) is 3.74. The van der Waals surface area contributed by atoms with E-state index in [1.807, 2.05) is 44.3 Å². The molecule has 0 aliphatic rings. The molecule has 0 saturated carbocycles. The Balaban J connectivity index is 2.04. The molecule has 0 atom stereocenters. The third-order valence-corrected chi connectivity index (χ3v) is 4.97. The van der Waals surface area contributed by atoms with Crippen LogP contribution in [0.15, 0.2) is 47.7 Å². The molecule has 0 fully saturated rings. The Morgan fingerprint density at radius 3 is 2.65 bits per heavy atom. The van der Waals surface area contributed by atoms with Crippen molar-refractivity contribution in [1.82, 2.24) is 14.5 Å². The predicted octanol–water partition coefficient (Wildman–Crippen LogP) is 3.35. The first kappa shape index (κ1) is 13.9. The summed E-state index contributed by atoms with van der Waals surface area (Å²) in [5.41, 5.74) is 2.62. The molecule has 3 heterocycles. The van der Waals surface area contributed by atoms with Crippen molar-refractivity contribution in [2.75, 3.05) is 12.4 Å². The Morgan fingerprint density at radius 1 is 1.13 bits per heavy atom. The minimum absolute atomic E-state index is 0.0536. The molecular weight excluding hydrogens is 308 g/mol. The molecule has 4 rings (SSSR count). The van der Waals surface area contributed by atoms with Gasteiger partial charge >= 0.3 is 0 Å². The summed E-state index contributed by atoms with van der Waals surface area (Å²) in [5, 5.41) is 3.97. The van der Waals surface area contributed by atoms with Gasteiger partial charge in [-0.3, -0.25) is 9.36 Å². The van der Waals surface area contributed by atoms with Gasteiger partial charge in [0.2, 0.25) is 0 Å². The van der Waals surface area contributed by atoms with Crippen molar-refractivity contribution >= 4 is 37.5 Å². The lowest BCUT2D eigenvalue weighted by Gasteiger charge is -2.05. The smallest absolute Gasteiger partial charge is 0.275 e. The number of rotatable bonds is 2. The van der Waals surface area contributed by atoms with Gasteiger partial charge in [-0.1, -0.05) is 17.7 Å². The summed E-state index contributed by atoms with van der Waals surface area (Å²) < 4.78 is 3.24. The molecule has 0 aliphatic carbocycles. The highest BCUT2D eigenvalue weighted by molar-refractivity contribution is 7.25. The van der Waals surface area contributed by atoms with E-state index in [9.17, 15) is 4.79 Å². The first-order chi connectivity index (χ1) is 11.2. The van der Waals surface area contributed by atoms with Gasteiger partial charge < -0.3 is 5.32 Å². The number of aromatic nitrogens is 3. The molecule has 3 aromatic heterocycles. The number of nitrogens with zero attached hydrogens (tertiary/aromatic N) is 3. The van der Waals surface area contributed by atoms with E-state index in [2.05, 4.69) is 15.3 Å². The molecule has 0 bridgehead atoms. The van der Waals surface area contributed by atoms with Crippen LogP contribution in [0, 0.1) is 6.92 Å². The van der Waals surface area contributed by atoms with Gasteiger partial charge in [0.25, 0.3) is 5.56 Å². The Morgan fingerprint density at radius 2 is 1.91 bits per heavy atom. The maximum Gasteiger partial charge on any atom is 0.275 e. The van der Waals surface area contributed by atoms with E-state index in [4.69, 9.17) is 0 Å². The number of hydrogen-bond acceptors (Lipinski definition) is 5. The van der Waals surface area contributed by atoms with E-state index in [0.717, 1.165) is 27.2 Å². The van der Waals surface area contributed by atoms with E-state index < -0.39 is 0 Å². The molecular formula is C17H14N4OS. The summed E-state index contributed by atoms with van der Waals surface area (Å²) in [4.78, 5) is 21.7. The second kappa shape index (κ2) is 5.17. The lowest BCUT2D eigenvalue weighted by molar-refractivity contribution is 0.966. The van der Waals surface area contributed by atoms with E-state index in [1.165, 1.54) is 11.3 Å². The lowest BCUT2D eigenvalue weighted by Crippen LogP contribution is -2.17. The number of benzene rings is 1. The molecule has 23 heavy (non-hydrogen) atoms. The summed E-state index contributed by atoms with van der Waals surface area (Å²) in [6, 6.07) is 9.74. The molecule has 0 unspecified atom stereocenters. The number of anilines is 1. The van der Waals surface area contributed by atoms with Crippen LogP contribution in [0.5, 0.6) is 0 Å². The fraction of sp³-hybridized carbons (Fsp3) is 0.118. The van der Waals surface area contributed by atoms with Gasteiger partial charge in [0.15, 0.2) is 0 Å². The number of nitrogens with one attached hydrogen (secondary N) is 1. The summed E-state index contributed by atoms with van der Waals surface area (Å²) in [6.07, 6.45) is 3.33. The van der Waals surface area contributed by atoms with E-state index >= 15 is 0 Å². The molecule has 1 N–H and O–H groups in total. The largest absolute Gasteiger partial charge is 0.373 e. The Bertz CT molecular complexity index is 1080. The van der Waals surface area contributed by atoms with Crippen LogP contribution in [-0.2, 0) is 0 Å². The quantitative estimate of drug-likeness (QED) is 0.615. The zero-order chi connectivity index (χ0) is 16.0. The highest BCUT2D eigenvalue weighted by Gasteiger charge is 2.15. The number of aryl methyl sites for hydroxylation is 1. The van der Waals surface area contributed by atoms with Gasteiger partial charge in [-0.25, -0.2) is 9.97 Å². The molecule has 6 heteroatoms. The minimum atomic E-state index is -0.0536. The van der Waals surface area contributed by atoms with Crippen LogP contribution in [0.2, 0.25) is 0 Å². The zero-order valence-electron chi connectivity index (χ0n) is 12.7. The second-order valence-electron chi connectivity index (χ2n) is 5.32. The maximum atomic E-state index is 12.9. The standard InChI is InChI=1S/C17H14N4OS/c1-10-3-5-11(6-4-10)21-9-20-14-13-12(23-15(14)17(21)22)7-8-19-16(13)18-2/h3-9H,1-2H3,(H,18,19). The van der Waals surface area contributed by atoms with Crippen molar-refractivity contribution in [3.05, 3.63) is 58.8 Å². The molecule has 1 aromatic carbocycles. The average molecular weight is 322 g/mol. The Kier molecular flexibility index (Phi) is 3.12. The van der Waals surface area contributed by atoms with Crippen LogP contribution in [0.1, 0.15) is 5.56 Å². The second-order valence-corrected chi connectivity index (χ2v) is 6.37.